The van der Waals surface area contributed by atoms with Crippen molar-refractivity contribution in [1.29, 1.82) is 0 Å². The standard InChI is InChI=1S/C13H14N4/c1-8-4-5-11-12(6-8)16-13(15-11)10-7-14-17(3)9(10)2/h4-7H,1-3H3,(H,15,16). The van der Waals surface area contributed by atoms with Gasteiger partial charge in [0, 0.05) is 12.7 Å². The molecule has 0 spiro atoms. The van der Waals surface area contributed by atoms with E-state index in [1.807, 2.05) is 30.9 Å². The molecule has 1 aromatic carbocycles. The molecular formula is C13H14N4. The maximum Gasteiger partial charge on any atom is 0.141 e. The van der Waals surface area contributed by atoms with Gasteiger partial charge in [-0.05, 0) is 31.5 Å². The van der Waals surface area contributed by atoms with Crippen LogP contribution >= 0.6 is 0 Å². The molecule has 3 rings (SSSR count). The highest BCUT2D eigenvalue weighted by Crippen LogP contribution is 2.23. The lowest BCUT2D eigenvalue weighted by molar-refractivity contribution is 0.740. The highest BCUT2D eigenvalue weighted by Gasteiger charge is 2.10. The zero-order valence-electron chi connectivity index (χ0n) is 10.2. The number of hydrogen-bond donors (Lipinski definition) is 1. The summed E-state index contributed by atoms with van der Waals surface area (Å²) in [7, 11) is 1.94. The van der Waals surface area contributed by atoms with Gasteiger partial charge in [-0.25, -0.2) is 4.98 Å². The number of fused-ring (bicyclic) bond motifs is 1. The molecule has 0 radical (unpaired) electrons. The zero-order chi connectivity index (χ0) is 12.0. The quantitative estimate of drug-likeness (QED) is 0.693. The molecule has 3 aromatic rings. The van der Waals surface area contributed by atoms with Crippen molar-refractivity contribution >= 4 is 11.0 Å². The van der Waals surface area contributed by atoms with Gasteiger partial charge in [0.25, 0.3) is 0 Å². The average molecular weight is 226 g/mol. The lowest BCUT2D eigenvalue weighted by Crippen LogP contribution is -1.92. The minimum absolute atomic E-state index is 0.885. The summed E-state index contributed by atoms with van der Waals surface area (Å²) >= 11 is 0. The topological polar surface area (TPSA) is 46.5 Å². The van der Waals surface area contributed by atoms with Crippen LogP contribution in [-0.4, -0.2) is 19.7 Å². The van der Waals surface area contributed by atoms with Gasteiger partial charge in [0.15, 0.2) is 0 Å². The number of benzene rings is 1. The predicted octanol–water partition coefficient (Wildman–Crippen LogP) is 2.58. The van der Waals surface area contributed by atoms with E-state index >= 15 is 0 Å². The van der Waals surface area contributed by atoms with Crippen molar-refractivity contribution in [3.8, 4) is 11.4 Å². The van der Waals surface area contributed by atoms with Gasteiger partial charge in [-0.15, -0.1) is 0 Å². The average Bonchev–Trinajstić information content (AvgIpc) is 2.83. The lowest BCUT2D eigenvalue weighted by Gasteiger charge is -1.95. The summed E-state index contributed by atoms with van der Waals surface area (Å²) < 4.78 is 1.85. The molecule has 0 bridgehead atoms. The minimum Gasteiger partial charge on any atom is -0.338 e. The Bertz CT molecular complexity index is 691. The first-order chi connectivity index (χ1) is 8.15. The normalized spacial score (nSPS) is 11.2. The van der Waals surface area contributed by atoms with Crippen LogP contribution < -0.4 is 0 Å². The van der Waals surface area contributed by atoms with Crippen LogP contribution in [0.4, 0.5) is 0 Å². The van der Waals surface area contributed by atoms with Gasteiger partial charge >= 0.3 is 0 Å². The summed E-state index contributed by atoms with van der Waals surface area (Å²) in [5.41, 5.74) is 5.47. The van der Waals surface area contributed by atoms with E-state index in [0.717, 1.165) is 28.1 Å². The lowest BCUT2D eigenvalue weighted by atomic mass is 10.2. The van der Waals surface area contributed by atoms with E-state index in [0.29, 0.717) is 0 Å². The third kappa shape index (κ3) is 1.53. The SMILES string of the molecule is Cc1ccc2nc(-c3cnn(C)c3C)[nH]c2c1. The number of aryl methyl sites for hydroxylation is 2. The number of rotatable bonds is 1. The predicted molar refractivity (Wildman–Crippen MR) is 67.8 cm³/mol. The van der Waals surface area contributed by atoms with Gasteiger partial charge in [0.1, 0.15) is 5.82 Å². The van der Waals surface area contributed by atoms with Gasteiger partial charge in [-0.2, -0.15) is 5.10 Å². The molecule has 0 amide bonds. The second-order valence-electron chi connectivity index (χ2n) is 4.37. The summed E-state index contributed by atoms with van der Waals surface area (Å²) in [4.78, 5) is 7.93. The molecule has 0 atom stereocenters. The molecule has 0 aliphatic rings. The monoisotopic (exact) mass is 226 g/mol. The van der Waals surface area contributed by atoms with Crippen molar-refractivity contribution < 1.29 is 0 Å². The second-order valence-corrected chi connectivity index (χ2v) is 4.37. The van der Waals surface area contributed by atoms with E-state index in [1.165, 1.54) is 5.56 Å². The maximum atomic E-state index is 4.59. The third-order valence-electron chi connectivity index (χ3n) is 3.13. The molecule has 4 nitrogen and oxygen atoms in total. The molecule has 0 aliphatic heterocycles. The highest BCUT2D eigenvalue weighted by molar-refractivity contribution is 5.80. The van der Waals surface area contributed by atoms with Crippen LogP contribution in [0.2, 0.25) is 0 Å². The van der Waals surface area contributed by atoms with Crippen LogP contribution in [0.25, 0.3) is 22.4 Å². The van der Waals surface area contributed by atoms with E-state index in [2.05, 4.69) is 34.1 Å². The fourth-order valence-corrected chi connectivity index (χ4v) is 1.98. The Morgan fingerprint density at radius 2 is 2.06 bits per heavy atom. The third-order valence-corrected chi connectivity index (χ3v) is 3.13. The molecule has 1 N–H and O–H groups in total. The van der Waals surface area contributed by atoms with E-state index in [4.69, 9.17) is 0 Å². The van der Waals surface area contributed by atoms with Crippen molar-refractivity contribution in [2.75, 3.05) is 0 Å². The summed E-state index contributed by atoms with van der Waals surface area (Å²) in [6.45, 7) is 4.12. The summed E-state index contributed by atoms with van der Waals surface area (Å²) in [6.07, 6.45) is 1.85. The Hall–Kier alpha value is -2.10. The van der Waals surface area contributed by atoms with Crippen molar-refractivity contribution in [3.05, 3.63) is 35.7 Å². The Balaban J connectivity index is 2.21. The fourth-order valence-electron chi connectivity index (χ4n) is 1.98. The van der Waals surface area contributed by atoms with Crippen LogP contribution in [0.15, 0.2) is 24.4 Å². The number of aromatic amines is 1. The van der Waals surface area contributed by atoms with E-state index in [1.54, 1.807) is 0 Å². The van der Waals surface area contributed by atoms with Crippen molar-refractivity contribution in [3.63, 3.8) is 0 Å². The number of nitrogens with one attached hydrogen (secondary N) is 1. The Kier molecular flexibility index (Phi) is 2.04. The summed E-state index contributed by atoms with van der Waals surface area (Å²) in [6, 6.07) is 6.22. The molecule has 0 saturated heterocycles. The smallest absolute Gasteiger partial charge is 0.141 e. The molecule has 17 heavy (non-hydrogen) atoms. The second kappa shape index (κ2) is 3.45. The number of aromatic nitrogens is 4. The molecule has 0 unspecified atom stereocenters. The molecule has 2 aromatic heterocycles. The number of hydrogen-bond acceptors (Lipinski definition) is 2. The van der Waals surface area contributed by atoms with Crippen LogP contribution in [-0.2, 0) is 7.05 Å². The van der Waals surface area contributed by atoms with Gasteiger partial charge in [0.2, 0.25) is 0 Å². The van der Waals surface area contributed by atoms with Crippen LogP contribution in [0, 0.1) is 13.8 Å². The molecule has 2 heterocycles. The minimum atomic E-state index is 0.885. The molecule has 4 heteroatoms. The van der Waals surface area contributed by atoms with Crippen molar-refractivity contribution in [2.24, 2.45) is 7.05 Å². The highest BCUT2D eigenvalue weighted by atomic mass is 15.3. The molecule has 0 fully saturated rings. The van der Waals surface area contributed by atoms with Gasteiger partial charge in [-0.1, -0.05) is 6.07 Å². The zero-order valence-corrected chi connectivity index (χ0v) is 10.2. The van der Waals surface area contributed by atoms with E-state index in [9.17, 15) is 0 Å². The van der Waals surface area contributed by atoms with Gasteiger partial charge in [0.05, 0.1) is 22.8 Å². The first-order valence-electron chi connectivity index (χ1n) is 5.60. The Labute approximate surface area is 99.3 Å². The van der Waals surface area contributed by atoms with E-state index in [-0.39, 0.29) is 0 Å². The number of H-pyrrole nitrogens is 1. The molecule has 86 valence electrons. The molecular weight excluding hydrogens is 212 g/mol. The van der Waals surface area contributed by atoms with Crippen molar-refractivity contribution in [1.82, 2.24) is 19.7 Å². The van der Waals surface area contributed by atoms with Crippen LogP contribution in [0.3, 0.4) is 0 Å². The molecule has 0 saturated carbocycles. The number of nitrogens with zero attached hydrogens (tertiary/aromatic N) is 3. The molecule has 0 aliphatic carbocycles. The maximum absolute atomic E-state index is 4.59. The van der Waals surface area contributed by atoms with Crippen LogP contribution in [0.5, 0.6) is 0 Å². The Morgan fingerprint density at radius 3 is 2.76 bits per heavy atom. The largest absolute Gasteiger partial charge is 0.338 e. The van der Waals surface area contributed by atoms with E-state index < -0.39 is 0 Å². The van der Waals surface area contributed by atoms with Crippen molar-refractivity contribution in [2.45, 2.75) is 13.8 Å². The first-order valence-corrected chi connectivity index (χ1v) is 5.60. The fraction of sp³-hybridized carbons (Fsp3) is 0.231. The Morgan fingerprint density at radius 1 is 1.24 bits per heavy atom. The summed E-state index contributed by atoms with van der Waals surface area (Å²) in [5, 5.41) is 4.24. The van der Waals surface area contributed by atoms with Gasteiger partial charge in [-0.3, -0.25) is 4.68 Å². The summed E-state index contributed by atoms with van der Waals surface area (Å²) in [5.74, 6) is 0.885. The van der Waals surface area contributed by atoms with Crippen LogP contribution in [0.1, 0.15) is 11.3 Å². The van der Waals surface area contributed by atoms with Gasteiger partial charge < -0.3 is 4.98 Å². The first kappa shape index (κ1) is 10.1. The number of imidazole rings is 1.